The summed E-state index contributed by atoms with van der Waals surface area (Å²) >= 11 is 0. The van der Waals surface area contributed by atoms with Crippen LogP contribution >= 0.6 is 0 Å². The zero-order valence-electron chi connectivity index (χ0n) is 13.1. The molecule has 0 unspecified atom stereocenters. The Bertz CT molecular complexity index is 685. The highest BCUT2D eigenvalue weighted by molar-refractivity contribution is 7.89. The lowest BCUT2D eigenvalue weighted by Gasteiger charge is -2.31. The summed E-state index contributed by atoms with van der Waals surface area (Å²) in [6, 6.07) is 5.73. The summed E-state index contributed by atoms with van der Waals surface area (Å²) in [5.41, 5.74) is -0.0244. The van der Waals surface area contributed by atoms with Gasteiger partial charge in [0.15, 0.2) is 0 Å². The van der Waals surface area contributed by atoms with E-state index in [9.17, 15) is 12.8 Å². The minimum absolute atomic E-state index is 0.0244. The number of nitriles is 1. The van der Waals surface area contributed by atoms with E-state index in [0.717, 1.165) is 25.7 Å². The van der Waals surface area contributed by atoms with E-state index in [1.807, 2.05) is 0 Å². The van der Waals surface area contributed by atoms with Crippen LogP contribution in [-0.4, -0.2) is 26.8 Å². The number of hydrogen-bond donors (Lipinski definition) is 1. The molecule has 2 atom stereocenters. The van der Waals surface area contributed by atoms with Gasteiger partial charge in [-0.15, -0.1) is 0 Å². The van der Waals surface area contributed by atoms with E-state index in [0.29, 0.717) is 12.4 Å². The van der Waals surface area contributed by atoms with Crippen LogP contribution in [0.15, 0.2) is 18.2 Å². The largest absolute Gasteiger partial charge is 0.493 e. The molecule has 1 aromatic carbocycles. The second kappa shape index (κ2) is 7.75. The van der Waals surface area contributed by atoms with Crippen molar-refractivity contribution >= 4 is 10.0 Å². The monoisotopic (exact) mass is 340 g/mol. The van der Waals surface area contributed by atoms with E-state index in [-0.39, 0.29) is 23.3 Å². The number of halogens is 1. The van der Waals surface area contributed by atoms with Crippen LogP contribution in [0.2, 0.25) is 0 Å². The molecule has 1 aliphatic rings. The number of nitrogens with one attached hydrogen (secondary N) is 1. The van der Waals surface area contributed by atoms with Crippen molar-refractivity contribution in [2.45, 2.75) is 38.6 Å². The molecule has 0 spiro atoms. The van der Waals surface area contributed by atoms with Crippen LogP contribution in [0.5, 0.6) is 5.75 Å². The lowest BCUT2D eigenvalue weighted by molar-refractivity contribution is 0.180. The number of benzene rings is 1. The van der Waals surface area contributed by atoms with Gasteiger partial charge in [0.2, 0.25) is 10.0 Å². The first-order chi connectivity index (χ1) is 10.9. The summed E-state index contributed by atoms with van der Waals surface area (Å²) in [4.78, 5) is 0. The molecule has 7 heteroatoms. The highest BCUT2D eigenvalue weighted by atomic mass is 32.2. The second-order valence-electron chi connectivity index (χ2n) is 5.74. The maximum atomic E-state index is 13.6. The molecule has 0 radical (unpaired) electrons. The van der Waals surface area contributed by atoms with Gasteiger partial charge in [0, 0.05) is 18.0 Å². The van der Waals surface area contributed by atoms with Crippen molar-refractivity contribution in [1.82, 2.24) is 4.72 Å². The summed E-state index contributed by atoms with van der Waals surface area (Å²) in [5, 5.41) is 8.71. The van der Waals surface area contributed by atoms with Gasteiger partial charge < -0.3 is 4.74 Å². The Morgan fingerprint density at radius 2 is 2.13 bits per heavy atom. The molecule has 0 aliphatic heterocycles. The third-order valence-corrected chi connectivity index (χ3v) is 5.57. The standard InChI is InChI=1S/C16H21FN2O3S/c1-2-23(20,21)19-16-6-4-3-5-13(16)11-22-14-8-7-12(10-18)15(17)9-14/h7-9,13,16,19H,2-6,11H2,1H3/t13-,16+/m0/s1. The predicted octanol–water partition coefficient (Wildman–Crippen LogP) is 2.57. The quantitative estimate of drug-likeness (QED) is 0.863. The summed E-state index contributed by atoms with van der Waals surface area (Å²) in [6.07, 6.45) is 3.67. The Morgan fingerprint density at radius 1 is 1.39 bits per heavy atom. The van der Waals surface area contributed by atoms with E-state index >= 15 is 0 Å². The van der Waals surface area contributed by atoms with Gasteiger partial charge in [0.1, 0.15) is 17.6 Å². The van der Waals surface area contributed by atoms with Gasteiger partial charge in [0.05, 0.1) is 17.9 Å². The summed E-state index contributed by atoms with van der Waals surface area (Å²) in [6.45, 7) is 1.93. The maximum Gasteiger partial charge on any atom is 0.211 e. The molecule has 126 valence electrons. The predicted molar refractivity (Wildman–Crippen MR) is 85.0 cm³/mol. The molecule has 0 aromatic heterocycles. The van der Waals surface area contributed by atoms with E-state index in [1.54, 1.807) is 19.1 Å². The molecule has 5 nitrogen and oxygen atoms in total. The van der Waals surface area contributed by atoms with Crippen LogP contribution in [0.3, 0.4) is 0 Å². The summed E-state index contributed by atoms with van der Waals surface area (Å²) in [7, 11) is -3.25. The Kier molecular flexibility index (Phi) is 5.97. The fourth-order valence-electron chi connectivity index (χ4n) is 2.76. The number of nitrogens with zero attached hydrogens (tertiary/aromatic N) is 1. The molecule has 0 saturated heterocycles. The van der Waals surface area contributed by atoms with Crippen molar-refractivity contribution < 1.29 is 17.5 Å². The van der Waals surface area contributed by atoms with Gasteiger partial charge in [-0.3, -0.25) is 0 Å². The number of hydrogen-bond acceptors (Lipinski definition) is 4. The molecular formula is C16H21FN2O3S. The van der Waals surface area contributed by atoms with E-state index < -0.39 is 15.8 Å². The van der Waals surface area contributed by atoms with E-state index in [4.69, 9.17) is 10.00 Å². The fourth-order valence-corrected chi connectivity index (χ4v) is 3.69. The van der Waals surface area contributed by atoms with Gasteiger partial charge in [0.25, 0.3) is 0 Å². The molecule has 1 fully saturated rings. The van der Waals surface area contributed by atoms with Gasteiger partial charge in [-0.1, -0.05) is 12.8 Å². The van der Waals surface area contributed by atoms with Crippen molar-refractivity contribution in [1.29, 1.82) is 5.26 Å². The van der Waals surface area contributed by atoms with Gasteiger partial charge in [-0.2, -0.15) is 5.26 Å². The second-order valence-corrected chi connectivity index (χ2v) is 7.78. The molecule has 0 bridgehead atoms. The number of rotatable bonds is 6. The highest BCUT2D eigenvalue weighted by Gasteiger charge is 2.28. The summed E-state index contributed by atoms with van der Waals surface area (Å²) < 4.78 is 45.5. The molecule has 1 aliphatic carbocycles. The minimum Gasteiger partial charge on any atom is -0.493 e. The molecule has 2 rings (SSSR count). The zero-order valence-corrected chi connectivity index (χ0v) is 13.9. The first kappa shape index (κ1) is 17.7. The zero-order chi connectivity index (χ0) is 16.9. The molecule has 1 saturated carbocycles. The van der Waals surface area contributed by atoms with Crippen LogP contribution in [0, 0.1) is 23.1 Å². The lowest BCUT2D eigenvalue weighted by atomic mass is 9.86. The Labute approximate surface area is 136 Å². The van der Waals surface area contributed by atoms with Crippen LogP contribution in [-0.2, 0) is 10.0 Å². The highest BCUT2D eigenvalue weighted by Crippen LogP contribution is 2.26. The number of ether oxygens (including phenoxy) is 1. The SMILES string of the molecule is CCS(=O)(=O)N[C@@H]1CCCC[C@H]1COc1ccc(C#N)c(F)c1. The fraction of sp³-hybridized carbons (Fsp3) is 0.562. The molecular weight excluding hydrogens is 319 g/mol. The van der Waals surface area contributed by atoms with Gasteiger partial charge in [-0.25, -0.2) is 17.5 Å². The molecule has 1 aromatic rings. The van der Waals surface area contributed by atoms with Crippen LogP contribution in [0.4, 0.5) is 4.39 Å². The number of sulfonamides is 1. The average Bonchev–Trinajstić information content (AvgIpc) is 2.54. The van der Waals surface area contributed by atoms with Crippen LogP contribution < -0.4 is 9.46 Å². The lowest BCUT2D eigenvalue weighted by Crippen LogP contribution is -2.44. The van der Waals surface area contributed by atoms with Crippen molar-refractivity contribution in [2.24, 2.45) is 5.92 Å². The Morgan fingerprint density at radius 3 is 2.78 bits per heavy atom. The van der Waals surface area contributed by atoms with Gasteiger partial charge in [-0.05, 0) is 31.9 Å². The average molecular weight is 340 g/mol. The van der Waals surface area contributed by atoms with Crippen LogP contribution in [0.25, 0.3) is 0 Å². The smallest absolute Gasteiger partial charge is 0.211 e. The van der Waals surface area contributed by atoms with E-state index in [1.165, 1.54) is 12.1 Å². The normalized spacial score (nSPS) is 21.6. The molecule has 1 N–H and O–H groups in total. The third-order valence-electron chi connectivity index (χ3n) is 4.15. The van der Waals surface area contributed by atoms with Crippen molar-refractivity contribution in [3.8, 4) is 11.8 Å². The first-order valence-electron chi connectivity index (χ1n) is 7.77. The third kappa shape index (κ3) is 4.91. The van der Waals surface area contributed by atoms with Gasteiger partial charge >= 0.3 is 0 Å². The van der Waals surface area contributed by atoms with Crippen LogP contribution in [0.1, 0.15) is 38.2 Å². The van der Waals surface area contributed by atoms with E-state index in [2.05, 4.69) is 4.72 Å². The Balaban J connectivity index is 1.99. The molecule has 0 heterocycles. The molecule has 23 heavy (non-hydrogen) atoms. The maximum absolute atomic E-state index is 13.6. The molecule has 0 amide bonds. The first-order valence-corrected chi connectivity index (χ1v) is 9.43. The van der Waals surface area contributed by atoms with Crippen molar-refractivity contribution in [3.63, 3.8) is 0 Å². The minimum atomic E-state index is -3.25. The van der Waals surface area contributed by atoms with Crippen molar-refractivity contribution in [2.75, 3.05) is 12.4 Å². The Hall–Kier alpha value is -1.65. The summed E-state index contributed by atoms with van der Waals surface area (Å²) in [5.74, 6) is -0.150. The van der Waals surface area contributed by atoms with Crippen molar-refractivity contribution in [3.05, 3.63) is 29.6 Å². The topological polar surface area (TPSA) is 79.2 Å².